The first-order chi connectivity index (χ1) is 14.1. The summed E-state index contributed by atoms with van der Waals surface area (Å²) >= 11 is 1.60. The average molecular weight is 412 g/mol. The first-order valence-electron chi connectivity index (χ1n) is 9.79. The largest absolute Gasteiger partial charge is 0.497 e. The number of nitrogens with one attached hydrogen (secondary N) is 1. The quantitative estimate of drug-likeness (QED) is 0.647. The summed E-state index contributed by atoms with van der Waals surface area (Å²) in [5, 5.41) is 16.7. The van der Waals surface area contributed by atoms with Gasteiger partial charge < -0.3 is 19.9 Å². The summed E-state index contributed by atoms with van der Waals surface area (Å²) in [6.45, 7) is 1.26. The van der Waals surface area contributed by atoms with Gasteiger partial charge in [-0.05, 0) is 47.4 Å². The number of aliphatic hydroxyl groups is 1. The maximum absolute atomic E-state index is 13.3. The van der Waals surface area contributed by atoms with Gasteiger partial charge in [0.25, 0.3) is 0 Å². The molecule has 1 atom stereocenters. The molecule has 1 aliphatic rings. The predicted octanol–water partition coefficient (Wildman–Crippen LogP) is 3.81. The van der Waals surface area contributed by atoms with Gasteiger partial charge in [-0.3, -0.25) is 4.79 Å². The summed E-state index contributed by atoms with van der Waals surface area (Å²) in [6, 6.07) is 15.7. The molecule has 0 spiro atoms. The molecule has 2 heterocycles. The molecule has 0 bridgehead atoms. The summed E-state index contributed by atoms with van der Waals surface area (Å²) in [6.07, 6.45) is 0.480. The van der Waals surface area contributed by atoms with E-state index < -0.39 is 11.5 Å². The number of thiophene rings is 1. The fourth-order valence-electron chi connectivity index (χ4n) is 4.00. The predicted molar refractivity (Wildman–Crippen MR) is 115 cm³/mol. The number of fused-ring (bicyclic) bond motifs is 1. The zero-order valence-corrected chi connectivity index (χ0v) is 17.2. The second-order valence-corrected chi connectivity index (χ2v) is 8.25. The van der Waals surface area contributed by atoms with Crippen LogP contribution in [-0.4, -0.2) is 37.9 Å². The zero-order chi connectivity index (χ0) is 20.3. The standard InChI is InChI=1S/C23H25NO4S/c1-27-17-8-6-16(7-9-17)23(10-12-28-13-11-23)22(26)24-14-20(25)19-15-29-21-5-3-2-4-18(19)21/h2-9,15,20,25H,10-14H2,1H3,(H,24,26). The first kappa shape index (κ1) is 19.9. The Labute approximate surface area is 174 Å². The van der Waals surface area contributed by atoms with Crippen molar-refractivity contribution in [2.45, 2.75) is 24.4 Å². The highest BCUT2D eigenvalue weighted by molar-refractivity contribution is 7.17. The van der Waals surface area contributed by atoms with Crippen molar-refractivity contribution in [2.24, 2.45) is 0 Å². The molecule has 1 saturated heterocycles. The van der Waals surface area contributed by atoms with Gasteiger partial charge in [-0.1, -0.05) is 30.3 Å². The fourth-order valence-corrected chi connectivity index (χ4v) is 5.01. The molecule has 5 nitrogen and oxygen atoms in total. The maximum Gasteiger partial charge on any atom is 0.230 e. The monoisotopic (exact) mass is 411 g/mol. The van der Waals surface area contributed by atoms with Crippen molar-refractivity contribution < 1.29 is 19.4 Å². The number of hydrogen-bond donors (Lipinski definition) is 2. The fraction of sp³-hybridized carbons (Fsp3) is 0.348. The molecule has 1 fully saturated rings. The Morgan fingerprint density at radius 3 is 2.66 bits per heavy atom. The van der Waals surface area contributed by atoms with Crippen LogP contribution in [0.15, 0.2) is 53.9 Å². The third-order valence-corrected chi connectivity index (χ3v) is 6.73. The van der Waals surface area contributed by atoms with E-state index in [1.54, 1.807) is 18.4 Å². The minimum Gasteiger partial charge on any atom is -0.497 e. The van der Waals surface area contributed by atoms with Gasteiger partial charge in [0, 0.05) is 30.0 Å². The molecule has 1 aromatic heterocycles. The number of benzene rings is 2. The Kier molecular flexibility index (Phi) is 5.85. The smallest absolute Gasteiger partial charge is 0.230 e. The highest BCUT2D eigenvalue weighted by Crippen LogP contribution is 2.36. The van der Waals surface area contributed by atoms with Crippen molar-refractivity contribution in [3.8, 4) is 5.75 Å². The van der Waals surface area contributed by atoms with E-state index in [0.717, 1.165) is 27.0 Å². The number of ether oxygens (including phenoxy) is 2. The zero-order valence-electron chi connectivity index (χ0n) is 16.4. The Hall–Kier alpha value is -2.41. The van der Waals surface area contributed by atoms with Gasteiger partial charge in [0.05, 0.1) is 18.6 Å². The van der Waals surface area contributed by atoms with E-state index in [-0.39, 0.29) is 12.5 Å². The van der Waals surface area contributed by atoms with Crippen LogP contribution in [0.2, 0.25) is 0 Å². The molecule has 0 saturated carbocycles. The molecule has 6 heteroatoms. The molecule has 1 amide bonds. The number of rotatable bonds is 6. The number of carbonyl (C=O) groups excluding carboxylic acids is 1. The van der Waals surface area contributed by atoms with Gasteiger partial charge >= 0.3 is 0 Å². The van der Waals surface area contributed by atoms with Gasteiger partial charge in [-0.15, -0.1) is 11.3 Å². The summed E-state index contributed by atoms with van der Waals surface area (Å²) in [7, 11) is 1.63. The van der Waals surface area contributed by atoms with Crippen molar-refractivity contribution >= 4 is 27.3 Å². The molecule has 2 N–H and O–H groups in total. The normalized spacial score (nSPS) is 17.0. The lowest BCUT2D eigenvalue weighted by molar-refractivity contribution is -0.131. The second-order valence-electron chi connectivity index (χ2n) is 7.34. The molecule has 0 aliphatic carbocycles. The van der Waals surface area contributed by atoms with E-state index in [0.29, 0.717) is 26.1 Å². The van der Waals surface area contributed by atoms with E-state index >= 15 is 0 Å². The first-order valence-corrected chi connectivity index (χ1v) is 10.7. The molecule has 1 unspecified atom stereocenters. The van der Waals surface area contributed by atoms with Crippen LogP contribution in [0.5, 0.6) is 5.75 Å². The van der Waals surface area contributed by atoms with Gasteiger partial charge in [0.15, 0.2) is 0 Å². The van der Waals surface area contributed by atoms with Crippen LogP contribution in [0.4, 0.5) is 0 Å². The summed E-state index contributed by atoms with van der Waals surface area (Å²) in [4.78, 5) is 13.3. The van der Waals surface area contributed by atoms with Gasteiger partial charge in [0.1, 0.15) is 5.75 Å². The van der Waals surface area contributed by atoms with Gasteiger partial charge in [-0.25, -0.2) is 0 Å². The molecule has 2 aromatic carbocycles. The van der Waals surface area contributed by atoms with E-state index in [4.69, 9.17) is 9.47 Å². The number of carbonyl (C=O) groups is 1. The Morgan fingerprint density at radius 2 is 1.93 bits per heavy atom. The minimum atomic E-state index is -0.747. The highest BCUT2D eigenvalue weighted by atomic mass is 32.1. The molecule has 3 aromatic rings. The lowest BCUT2D eigenvalue weighted by atomic mass is 9.73. The number of hydrogen-bond acceptors (Lipinski definition) is 5. The number of methoxy groups -OCH3 is 1. The van der Waals surface area contributed by atoms with E-state index in [1.807, 2.05) is 53.9 Å². The Bertz CT molecular complexity index is 976. The van der Waals surface area contributed by atoms with Crippen LogP contribution in [0.3, 0.4) is 0 Å². The maximum atomic E-state index is 13.3. The minimum absolute atomic E-state index is 0.0652. The van der Waals surface area contributed by atoms with Crippen LogP contribution in [0.25, 0.3) is 10.1 Å². The summed E-state index contributed by atoms with van der Waals surface area (Å²) in [5.74, 6) is 0.695. The lowest BCUT2D eigenvalue weighted by Crippen LogP contribution is -2.48. The van der Waals surface area contributed by atoms with Crippen molar-refractivity contribution in [2.75, 3.05) is 26.9 Å². The van der Waals surface area contributed by atoms with Gasteiger partial charge in [-0.2, -0.15) is 0 Å². The molecule has 1 aliphatic heterocycles. The Balaban J connectivity index is 1.52. The average Bonchev–Trinajstić information content (AvgIpc) is 3.22. The van der Waals surface area contributed by atoms with Crippen LogP contribution in [0.1, 0.15) is 30.1 Å². The molecule has 4 rings (SSSR count). The van der Waals surface area contributed by atoms with Crippen molar-refractivity contribution in [3.63, 3.8) is 0 Å². The van der Waals surface area contributed by atoms with E-state index in [9.17, 15) is 9.90 Å². The lowest BCUT2D eigenvalue weighted by Gasteiger charge is -2.36. The topological polar surface area (TPSA) is 67.8 Å². The SMILES string of the molecule is COc1ccc(C2(C(=O)NCC(O)c3csc4ccccc34)CCOCC2)cc1. The molecular weight excluding hydrogens is 386 g/mol. The third-order valence-electron chi connectivity index (χ3n) is 5.75. The van der Waals surface area contributed by atoms with Crippen LogP contribution in [-0.2, 0) is 14.9 Å². The Morgan fingerprint density at radius 1 is 1.21 bits per heavy atom. The molecule has 152 valence electrons. The van der Waals surface area contributed by atoms with Crippen molar-refractivity contribution in [3.05, 3.63) is 65.0 Å². The van der Waals surface area contributed by atoms with Crippen LogP contribution in [0, 0.1) is 0 Å². The molecule has 0 radical (unpaired) electrons. The highest BCUT2D eigenvalue weighted by Gasteiger charge is 2.41. The number of aliphatic hydroxyl groups excluding tert-OH is 1. The second kappa shape index (κ2) is 8.53. The van der Waals surface area contributed by atoms with Crippen molar-refractivity contribution in [1.82, 2.24) is 5.32 Å². The van der Waals surface area contributed by atoms with Crippen molar-refractivity contribution in [1.29, 1.82) is 0 Å². The summed E-state index contributed by atoms with van der Waals surface area (Å²) in [5.41, 5.74) is 1.16. The van der Waals surface area contributed by atoms with Crippen LogP contribution >= 0.6 is 11.3 Å². The molecule has 29 heavy (non-hydrogen) atoms. The number of amides is 1. The third kappa shape index (κ3) is 3.88. The summed E-state index contributed by atoms with van der Waals surface area (Å²) < 4.78 is 11.9. The molecular formula is C23H25NO4S. The van der Waals surface area contributed by atoms with E-state index in [2.05, 4.69) is 5.32 Å². The van der Waals surface area contributed by atoms with E-state index in [1.165, 1.54) is 0 Å². The van der Waals surface area contributed by atoms with Gasteiger partial charge in [0.2, 0.25) is 5.91 Å². The van der Waals surface area contributed by atoms with Crippen LogP contribution < -0.4 is 10.1 Å².